The molecule has 0 bridgehead atoms. The van der Waals surface area contributed by atoms with E-state index in [4.69, 9.17) is 9.97 Å². The third-order valence-electron chi connectivity index (χ3n) is 8.55. The van der Waals surface area contributed by atoms with Crippen LogP contribution in [0.4, 0.5) is 11.8 Å². The standard InChI is InChI=1S/C33H40N6O/c1-38(2)31-27-13-6-8-14-29(27)36-33(37-31)35-25-18-16-23(17-19-25)20-34-32(40)28-22-39(21-24-10-4-3-5-11-24)30-15-9-7-12-26(28)30/h3-5,7,9-12,15,22-23,25H,6,8,13-14,16-21H2,1-2H3,(H,34,40)(H,35,36,37)/t23-,25+. The zero-order valence-electron chi connectivity index (χ0n) is 23.7. The Labute approximate surface area is 237 Å². The average molecular weight is 537 g/mol. The summed E-state index contributed by atoms with van der Waals surface area (Å²) in [7, 11) is 4.14. The minimum Gasteiger partial charge on any atom is -0.362 e. The second-order valence-electron chi connectivity index (χ2n) is 11.6. The molecule has 7 heteroatoms. The van der Waals surface area contributed by atoms with Crippen LogP contribution < -0.4 is 15.5 Å². The van der Waals surface area contributed by atoms with Gasteiger partial charge in [0.2, 0.25) is 5.95 Å². The van der Waals surface area contributed by atoms with Gasteiger partial charge in [0.1, 0.15) is 5.82 Å². The van der Waals surface area contributed by atoms with Crippen molar-refractivity contribution in [2.45, 2.75) is 64.0 Å². The number of hydrogen-bond acceptors (Lipinski definition) is 5. The van der Waals surface area contributed by atoms with Crippen molar-refractivity contribution in [1.82, 2.24) is 19.9 Å². The fraction of sp³-hybridized carbons (Fsp3) is 0.424. The van der Waals surface area contributed by atoms with Crippen molar-refractivity contribution in [2.75, 3.05) is 30.9 Å². The molecule has 4 aromatic rings. The number of aromatic nitrogens is 3. The zero-order chi connectivity index (χ0) is 27.5. The lowest BCUT2D eigenvalue weighted by atomic mass is 9.86. The number of carbonyl (C=O) groups excluding carboxylic acids is 1. The molecule has 2 aliphatic rings. The molecular weight excluding hydrogens is 496 g/mol. The summed E-state index contributed by atoms with van der Waals surface area (Å²) < 4.78 is 2.18. The number of nitrogens with one attached hydrogen (secondary N) is 2. The quantitative estimate of drug-likeness (QED) is 0.297. The molecule has 2 N–H and O–H groups in total. The summed E-state index contributed by atoms with van der Waals surface area (Å²) >= 11 is 0. The van der Waals surface area contributed by atoms with E-state index in [0.717, 1.165) is 73.3 Å². The number of amides is 1. The molecule has 0 atom stereocenters. The van der Waals surface area contributed by atoms with E-state index in [-0.39, 0.29) is 5.91 Å². The SMILES string of the molecule is CN(C)c1nc(N[C@H]2CC[C@@H](CNC(=O)c3cn(Cc4ccccc4)c4ccccc34)CC2)nc2c1CCCC2. The van der Waals surface area contributed by atoms with Crippen LogP contribution in [0.2, 0.25) is 0 Å². The largest absolute Gasteiger partial charge is 0.362 e. The summed E-state index contributed by atoms with van der Waals surface area (Å²) in [6, 6.07) is 19.0. The number of hydrogen-bond donors (Lipinski definition) is 2. The molecule has 1 saturated carbocycles. The topological polar surface area (TPSA) is 75.1 Å². The highest BCUT2D eigenvalue weighted by atomic mass is 16.1. The lowest BCUT2D eigenvalue weighted by Gasteiger charge is -2.30. The smallest absolute Gasteiger partial charge is 0.253 e. The van der Waals surface area contributed by atoms with Gasteiger partial charge in [-0.05, 0) is 68.9 Å². The van der Waals surface area contributed by atoms with Crippen molar-refractivity contribution in [3.63, 3.8) is 0 Å². The van der Waals surface area contributed by atoms with Crippen LogP contribution in [0.5, 0.6) is 0 Å². The van der Waals surface area contributed by atoms with E-state index in [1.54, 1.807) is 0 Å². The Kier molecular flexibility index (Phi) is 7.71. The first-order valence-corrected chi connectivity index (χ1v) is 14.8. The van der Waals surface area contributed by atoms with E-state index in [1.807, 2.05) is 30.5 Å². The first-order valence-electron chi connectivity index (χ1n) is 14.8. The Morgan fingerprint density at radius 1 is 0.950 bits per heavy atom. The van der Waals surface area contributed by atoms with Crippen molar-refractivity contribution in [1.29, 1.82) is 0 Å². The number of aryl methyl sites for hydroxylation is 1. The van der Waals surface area contributed by atoms with Crippen LogP contribution >= 0.6 is 0 Å². The normalized spacial score (nSPS) is 18.8. The summed E-state index contributed by atoms with van der Waals surface area (Å²) in [5, 5.41) is 7.90. The Bertz CT molecular complexity index is 1470. The summed E-state index contributed by atoms with van der Waals surface area (Å²) in [5.41, 5.74) is 5.60. The van der Waals surface area contributed by atoms with Gasteiger partial charge in [-0.1, -0.05) is 48.5 Å². The van der Waals surface area contributed by atoms with Crippen LogP contribution in [0.15, 0.2) is 60.8 Å². The van der Waals surface area contributed by atoms with Crippen LogP contribution in [0.25, 0.3) is 10.9 Å². The molecule has 40 heavy (non-hydrogen) atoms. The number of nitrogens with zero attached hydrogens (tertiary/aromatic N) is 4. The molecular formula is C33H40N6O. The number of para-hydroxylation sites is 1. The fourth-order valence-electron chi connectivity index (χ4n) is 6.37. The molecule has 7 nitrogen and oxygen atoms in total. The zero-order valence-corrected chi connectivity index (χ0v) is 23.7. The maximum atomic E-state index is 13.3. The molecule has 2 heterocycles. The molecule has 6 rings (SSSR count). The van der Waals surface area contributed by atoms with Gasteiger partial charge in [-0.25, -0.2) is 4.98 Å². The third kappa shape index (κ3) is 5.69. The highest BCUT2D eigenvalue weighted by Gasteiger charge is 2.25. The number of anilines is 2. The first-order chi connectivity index (χ1) is 19.5. The maximum Gasteiger partial charge on any atom is 0.253 e. The van der Waals surface area contributed by atoms with Gasteiger partial charge in [-0.2, -0.15) is 4.98 Å². The van der Waals surface area contributed by atoms with Gasteiger partial charge in [-0.3, -0.25) is 4.79 Å². The maximum absolute atomic E-state index is 13.3. The van der Waals surface area contributed by atoms with E-state index in [9.17, 15) is 4.79 Å². The Morgan fingerprint density at radius 3 is 2.50 bits per heavy atom. The minimum atomic E-state index is 0.0157. The predicted octanol–water partition coefficient (Wildman–Crippen LogP) is 5.83. The second kappa shape index (κ2) is 11.7. The van der Waals surface area contributed by atoms with E-state index >= 15 is 0 Å². The molecule has 0 saturated heterocycles. The van der Waals surface area contributed by atoms with Crippen molar-refractivity contribution < 1.29 is 4.79 Å². The van der Waals surface area contributed by atoms with Crippen molar-refractivity contribution in [2.24, 2.45) is 5.92 Å². The highest BCUT2D eigenvalue weighted by Crippen LogP contribution is 2.30. The number of rotatable bonds is 8. The van der Waals surface area contributed by atoms with Gasteiger partial charge in [0.15, 0.2) is 0 Å². The van der Waals surface area contributed by atoms with E-state index in [1.165, 1.54) is 29.7 Å². The van der Waals surface area contributed by atoms with Gasteiger partial charge in [-0.15, -0.1) is 0 Å². The van der Waals surface area contributed by atoms with Gasteiger partial charge in [0, 0.05) is 55.9 Å². The Balaban J connectivity index is 1.05. The Hall–Kier alpha value is -3.87. The van der Waals surface area contributed by atoms with Crippen LogP contribution in [0.1, 0.15) is 65.7 Å². The molecule has 1 amide bonds. The predicted molar refractivity (Wildman–Crippen MR) is 162 cm³/mol. The van der Waals surface area contributed by atoms with E-state index < -0.39 is 0 Å². The number of benzene rings is 2. The van der Waals surface area contributed by atoms with Crippen LogP contribution in [-0.4, -0.2) is 47.1 Å². The Morgan fingerprint density at radius 2 is 1.70 bits per heavy atom. The van der Waals surface area contributed by atoms with Crippen LogP contribution in [0.3, 0.4) is 0 Å². The van der Waals surface area contributed by atoms with Crippen LogP contribution in [-0.2, 0) is 19.4 Å². The average Bonchev–Trinajstić information content (AvgIpc) is 3.35. The summed E-state index contributed by atoms with van der Waals surface area (Å²) in [6.07, 6.45) is 10.9. The van der Waals surface area contributed by atoms with Crippen LogP contribution in [0, 0.1) is 5.92 Å². The molecule has 0 spiro atoms. The molecule has 0 radical (unpaired) electrons. The molecule has 2 aromatic heterocycles. The summed E-state index contributed by atoms with van der Waals surface area (Å²) in [5.74, 6) is 2.34. The molecule has 2 aliphatic carbocycles. The monoisotopic (exact) mass is 536 g/mol. The molecule has 0 unspecified atom stereocenters. The molecule has 2 aromatic carbocycles. The molecule has 208 valence electrons. The minimum absolute atomic E-state index is 0.0157. The van der Waals surface area contributed by atoms with E-state index in [2.05, 4.69) is 64.5 Å². The molecule has 1 fully saturated rings. The van der Waals surface area contributed by atoms with Crippen molar-refractivity contribution in [3.05, 3.63) is 83.2 Å². The number of carbonyl (C=O) groups is 1. The highest BCUT2D eigenvalue weighted by molar-refractivity contribution is 6.07. The van der Waals surface area contributed by atoms with Gasteiger partial charge in [0.25, 0.3) is 5.91 Å². The third-order valence-corrected chi connectivity index (χ3v) is 8.55. The lowest BCUT2D eigenvalue weighted by Crippen LogP contribution is -2.34. The fourth-order valence-corrected chi connectivity index (χ4v) is 6.37. The van der Waals surface area contributed by atoms with Crippen molar-refractivity contribution in [3.8, 4) is 0 Å². The van der Waals surface area contributed by atoms with Crippen molar-refractivity contribution >= 4 is 28.6 Å². The first kappa shape index (κ1) is 26.4. The summed E-state index contributed by atoms with van der Waals surface area (Å²) in [4.78, 5) is 25.2. The van der Waals surface area contributed by atoms with Gasteiger partial charge in [0.05, 0.1) is 11.3 Å². The summed E-state index contributed by atoms with van der Waals surface area (Å²) in [6.45, 7) is 1.46. The van der Waals surface area contributed by atoms with Gasteiger partial charge >= 0.3 is 0 Å². The van der Waals surface area contributed by atoms with Gasteiger partial charge < -0.3 is 20.1 Å². The second-order valence-corrected chi connectivity index (χ2v) is 11.6. The number of fused-ring (bicyclic) bond motifs is 2. The van der Waals surface area contributed by atoms with E-state index in [0.29, 0.717) is 18.5 Å². The molecule has 0 aliphatic heterocycles. The lowest BCUT2D eigenvalue weighted by molar-refractivity contribution is 0.0944.